The van der Waals surface area contributed by atoms with Crippen molar-refractivity contribution in [1.82, 2.24) is 10.3 Å². The van der Waals surface area contributed by atoms with Gasteiger partial charge in [-0.25, -0.2) is 4.98 Å². The predicted molar refractivity (Wildman–Crippen MR) is 101 cm³/mol. The van der Waals surface area contributed by atoms with Crippen LogP contribution in [0.25, 0.3) is 0 Å². The number of hydrogen-bond acceptors (Lipinski definition) is 4. The highest BCUT2D eigenvalue weighted by Crippen LogP contribution is 2.23. The van der Waals surface area contributed by atoms with Gasteiger partial charge < -0.3 is 15.8 Å². The zero-order chi connectivity index (χ0) is 18.2. The summed E-state index contributed by atoms with van der Waals surface area (Å²) in [5.74, 6) is 0.277. The summed E-state index contributed by atoms with van der Waals surface area (Å²) in [7, 11) is 0. The van der Waals surface area contributed by atoms with Gasteiger partial charge in [0.25, 0.3) is 5.91 Å². The number of aromatic nitrogens is 1. The number of carbonyl (C=O) groups is 1. The van der Waals surface area contributed by atoms with Crippen LogP contribution in [0.15, 0.2) is 72.9 Å². The van der Waals surface area contributed by atoms with Crippen LogP contribution >= 0.6 is 0 Å². The van der Waals surface area contributed by atoms with Crippen LogP contribution in [-0.2, 0) is 13.0 Å². The number of nitrogens with one attached hydrogen (secondary N) is 1. The molecule has 3 aromatic rings. The first-order valence-electron chi connectivity index (χ1n) is 8.48. The normalized spacial score (nSPS) is 10.5. The fraction of sp³-hybridized carbons (Fsp3) is 0.143. The van der Waals surface area contributed by atoms with Crippen molar-refractivity contribution in [2.45, 2.75) is 13.0 Å². The zero-order valence-electron chi connectivity index (χ0n) is 14.4. The van der Waals surface area contributed by atoms with E-state index < -0.39 is 5.91 Å². The van der Waals surface area contributed by atoms with E-state index in [1.165, 1.54) is 11.1 Å². The van der Waals surface area contributed by atoms with Crippen LogP contribution in [0.1, 0.15) is 21.5 Å². The molecule has 2 aromatic carbocycles. The van der Waals surface area contributed by atoms with E-state index in [0.29, 0.717) is 5.75 Å². The average molecular weight is 347 g/mol. The lowest BCUT2D eigenvalue weighted by Gasteiger charge is -2.09. The van der Waals surface area contributed by atoms with Crippen LogP contribution in [0, 0.1) is 0 Å². The molecular weight excluding hydrogens is 326 g/mol. The number of hydrogen-bond donors (Lipinski definition) is 2. The topological polar surface area (TPSA) is 77.2 Å². The summed E-state index contributed by atoms with van der Waals surface area (Å²) in [5.41, 5.74) is 8.08. The maximum atomic E-state index is 11.4. The fourth-order valence-electron chi connectivity index (χ4n) is 2.56. The quantitative estimate of drug-likeness (QED) is 0.613. The highest BCUT2D eigenvalue weighted by molar-refractivity contribution is 5.95. The van der Waals surface area contributed by atoms with E-state index in [1.54, 1.807) is 18.3 Å². The Morgan fingerprint density at radius 1 is 0.962 bits per heavy atom. The zero-order valence-corrected chi connectivity index (χ0v) is 14.4. The van der Waals surface area contributed by atoms with Crippen molar-refractivity contribution in [1.29, 1.82) is 0 Å². The number of nitrogens with zero attached hydrogens (tertiary/aromatic N) is 1. The minimum absolute atomic E-state index is 0.220. The van der Waals surface area contributed by atoms with E-state index in [-0.39, 0.29) is 11.4 Å². The first kappa shape index (κ1) is 17.6. The van der Waals surface area contributed by atoms with Gasteiger partial charge in [0, 0.05) is 12.7 Å². The van der Waals surface area contributed by atoms with Gasteiger partial charge in [-0.15, -0.1) is 0 Å². The average Bonchev–Trinajstić information content (AvgIpc) is 2.67. The highest BCUT2D eigenvalue weighted by Gasteiger charge is 2.10. The summed E-state index contributed by atoms with van der Waals surface area (Å²) in [5, 5.41) is 3.43. The molecule has 0 bridgehead atoms. The molecule has 26 heavy (non-hydrogen) atoms. The van der Waals surface area contributed by atoms with Crippen LogP contribution in [-0.4, -0.2) is 17.4 Å². The van der Waals surface area contributed by atoms with Gasteiger partial charge >= 0.3 is 0 Å². The van der Waals surface area contributed by atoms with Crippen molar-refractivity contribution in [3.8, 4) is 11.6 Å². The lowest BCUT2D eigenvalue weighted by molar-refractivity contribution is 0.0997. The van der Waals surface area contributed by atoms with Crippen molar-refractivity contribution < 1.29 is 9.53 Å². The van der Waals surface area contributed by atoms with Crippen LogP contribution in [0.2, 0.25) is 0 Å². The standard InChI is InChI=1S/C21H21N3O2/c22-20(25)19-7-4-13-24-21(19)26-18-10-8-16(9-11-18)12-14-23-15-17-5-2-1-3-6-17/h1-11,13,23H,12,14-15H2,(H2,22,25). The Balaban J connectivity index is 1.51. The largest absolute Gasteiger partial charge is 0.438 e. The summed E-state index contributed by atoms with van der Waals surface area (Å²) in [6.07, 6.45) is 2.48. The van der Waals surface area contributed by atoms with Crippen molar-refractivity contribution >= 4 is 5.91 Å². The molecule has 0 aliphatic heterocycles. The third-order valence-corrected chi connectivity index (χ3v) is 3.94. The van der Waals surface area contributed by atoms with E-state index >= 15 is 0 Å². The number of pyridine rings is 1. The van der Waals surface area contributed by atoms with Gasteiger partial charge in [0.05, 0.1) is 0 Å². The third kappa shape index (κ3) is 4.91. The molecule has 0 fully saturated rings. The number of carbonyl (C=O) groups excluding carboxylic acids is 1. The van der Waals surface area contributed by atoms with Gasteiger partial charge in [0.15, 0.2) is 0 Å². The van der Waals surface area contributed by atoms with Gasteiger partial charge in [0.2, 0.25) is 5.88 Å². The first-order chi connectivity index (χ1) is 12.7. The van der Waals surface area contributed by atoms with Gasteiger partial charge in [-0.05, 0) is 48.4 Å². The first-order valence-corrected chi connectivity index (χ1v) is 8.48. The Labute approximate surface area is 152 Å². The molecule has 3 rings (SSSR count). The molecule has 0 aliphatic carbocycles. The van der Waals surface area contributed by atoms with E-state index in [0.717, 1.165) is 19.5 Å². The monoisotopic (exact) mass is 347 g/mol. The Morgan fingerprint density at radius 3 is 2.46 bits per heavy atom. The summed E-state index contributed by atoms with van der Waals surface area (Å²) < 4.78 is 5.68. The molecule has 1 aromatic heterocycles. The second-order valence-corrected chi connectivity index (χ2v) is 5.88. The molecule has 0 radical (unpaired) electrons. The minimum atomic E-state index is -0.561. The Kier molecular flexibility index (Phi) is 5.96. The van der Waals surface area contributed by atoms with Crippen LogP contribution in [0.5, 0.6) is 11.6 Å². The molecular formula is C21H21N3O2. The number of ether oxygens (including phenoxy) is 1. The van der Waals surface area contributed by atoms with Crippen molar-refractivity contribution in [2.75, 3.05) is 6.54 Å². The summed E-state index contributed by atoms with van der Waals surface area (Å²) in [6, 6.07) is 21.3. The number of amides is 1. The molecule has 5 heteroatoms. The number of nitrogens with two attached hydrogens (primary N) is 1. The number of rotatable bonds is 8. The molecule has 0 saturated heterocycles. The molecule has 1 heterocycles. The van der Waals surface area contributed by atoms with E-state index in [4.69, 9.17) is 10.5 Å². The lowest BCUT2D eigenvalue weighted by Crippen LogP contribution is -2.16. The van der Waals surface area contributed by atoms with E-state index in [9.17, 15) is 4.79 Å². The summed E-state index contributed by atoms with van der Waals surface area (Å²) in [4.78, 5) is 15.5. The third-order valence-electron chi connectivity index (χ3n) is 3.94. The SMILES string of the molecule is NC(=O)c1cccnc1Oc1ccc(CCNCc2ccccc2)cc1. The van der Waals surface area contributed by atoms with Crippen molar-refractivity contribution in [2.24, 2.45) is 5.73 Å². The van der Waals surface area contributed by atoms with E-state index in [1.807, 2.05) is 42.5 Å². The second-order valence-electron chi connectivity index (χ2n) is 5.88. The smallest absolute Gasteiger partial charge is 0.254 e. The molecule has 0 saturated carbocycles. The highest BCUT2D eigenvalue weighted by atomic mass is 16.5. The molecule has 0 spiro atoms. The molecule has 3 N–H and O–H groups in total. The molecule has 1 amide bonds. The van der Waals surface area contributed by atoms with Gasteiger partial charge in [-0.2, -0.15) is 0 Å². The van der Waals surface area contributed by atoms with Crippen LogP contribution < -0.4 is 15.8 Å². The molecule has 0 unspecified atom stereocenters. The summed E-state index contributed by atoms with van der Waals surface area (Å²) in [6.45, 7) is 1.75. The van der Waals surface area contributed by atoms with E-state index in [2.05, 4.69) is 22.4 Å². The van der Waals surface area contributed by atoms with Gasteiger partial charge in [-0.3, -0.25) is 4.79 Å². The summed E-state index contributed by atoms with van der Waals surface area (Å²) >= 11 is 0. The predicted octanol–water partition coefficient (Wildman–Crippen LogP) is 3.31. The fourth-order valence-corrected chi connectivity index (χ4v) is 2.56. The van der Waals surface area contributed by atoms with Crippen molar-refractivity contribution in [3.05, 3.63) is 89.6 Å². The second kappa shape index (κ2) is 8.78. The van der Waals surface area contributed by atoms with Gasteiger partial charge in [0.1, 0.15) is 11.3 Å². The Bertz CT molecular complexity index is 849. The maximum Gasteiger partial charge on any atom is 0.254 e. The molecule has 0 atom stereocenters. The molecule has 5 nitrogen and oxygen atoms in total. The van der Waals surface area contributed by atoms with Crippen LogP contribution in [0.3, 0.4) is 0 Å². The Hall–Kier alpha value is -3.18. The maximum absolute atomic E-state index is 11.4. The number of benzene rings is 2. The molecule has 132 valence electrons. The minimum Gasteiger partial charge on any atom is -0.438 e. The lowest BCUT2D eigenvalue weighted by atomic mass is 10.1. The molecule has 0 aliphatic rings. The van der Waals surface area contributed by atoms with Gasteiger partial charge in [-0.1, -0.05) is 42.5 Å². The number of primary amides is 1. The Morgan fingerprint density at radius 2 is 1.73 bits per heavy atom. The van der Waals surface area contributed by atoms with Crippen molar-refractivity contribution in [3.63, 3.8) is 0 Å². The van der Waals surface area contributed by atoms with Crippen LogP contribution in [0.4, 0.5) is 0 Å².